The summed E-state index contributed by atoms with van der Waals surface area (Å²) < 4.78 is 0. The van der Waals surface area contributed by atoms with Crippen molar-refractivity contribution in [2.24, 2.45) is 0 Å². The number of para-hydroxylation sites is 1. The molecule has 1 aromatic heterocycles. The fourth-order valence-electron chi connectivity index (χ4n) is 2.28. The van der Waals surface area contributed by atoms with Crippen LogP contribution in [-0.4, -0.2) is 24.0 Å². The highest BCUT2D eigenvalue weighted by Crippen LogP contribution is 2.23. The molecule has 0 radical (unpaired) electrons. The molecule has 0 unspecified atom stereocenters. The molecule has 0 fully saturated rings. The number of nitrogens with zero attached hydrogens (tertiary/aromatic N) is 1. The van der Waals surface area contributed by atoms with E-state index in [9.17, 15) is 4.79 Å². The van der Waals surface area contributed by atoms with Gasteiger partial charge in [-0.05, 0) is 23.8 Å². The van der Waals surface area contributed by atoms with Crippen molar-refractivity contribution in [1.82, 2.24) is 10.3 Å². The normalized spacial score (nSPS) is 15.0. The Balaban J connectivity index is 1.99. The number of aromatic nitrogens is 1. The number of anilines is 1. The van der Waals surface area contributed by atoms with Gasteiger partial charge in [0.2, 0.25) is 0 Å². The van der Waals surface area contributed by atoms with E-state index >= 15 is 0 Å². The minimum Gasteiger partial charge on any atom is -0.357 e. The Hall–Kier alpha value is -2.07. The third kappa shape index (κ3) is 1.91. The van der Waals surface area contributed by atoms with Crippen LogP contribution in [0.5, 0.6) is 0 Å². The Kier molecular flexibility index (Phi) is 2.86. The molecule has 0 bridgehead atoms. The van der Waals surface area contributed by atoms with E-state index in [4.69, 9.17) is 0 Å². The molecule has 0 spiro atoms. The van der Waals surface area contributed by atoms with Gasteiger partial charge in [0.1, 0.15) is 5.69 Å². The molecule has 0 saturated heterocycles. The third-order valence-electron chi connectivity index (χ3n) is 3.18. The maximum atomic E-state index is 12.4. The van der Waals surface area contributed by atoms with E-state index in [0.29, 0.717) is 12.2 Å². The topological polar surface area (TPSA) is 48.1 Å². The van der Waals surface area contributed by atoms with Crippen LogP contribution in [0.3, 0.4) is 0 Å². The molecule has 1 aromatic carbocycles. The van der Waals surface area contributed by atoms with Crippen molar-refractivity contribution in [3.05, 3.63) is 53.9 Å². The number of carbonyl (C=O) groups excluding carboxylic acids is 1. The quantitative estimate of drug-likeness (QED) is 0.799. The molecule has 1 aliphatic rings. The predicted molar refractivity (Wildman–Crippen MR) is 70.6 cm³/mol. The molecule has 0 aliphatic carbocycles. The summed E-state index contributed by atoms with van der Waals surface area (Å²) in [5.74, 6) is 0.0242. The van der Waals surface area contributed by atoms with Crippen molar-refractivity contribution < 1.29 is 4.79 Å². The lowest BCUT2D eigenvalue weighted by atomic mass is 10.1. The Morgan fingerprint density at radius 1 is 1.17 bits per heavy atom. The summed E-state index contributed by atoms with van der Waals surface area (Å²) >= 11 is 0. The van der Waals surface area contributed by atoms with Gasteiger partial charge in [0.15, 0.2) is 0 Å². The summed E-state index contributed by atoms with van der Waals surface area (Å²) in [6.07, 6.45) is 1.77. The number of carbonyl (C=O) groups is 1. The Morgan fingerprint density at radius 2 is 2.06 bits per heavy atom. The van der Waals surface area contributed by atoms with Crippen molar-refractivity contribution in [2.75, 3.05) is 18.0 Å². The zero-order valence-electron chi connectivity index (χ0n) is 10.0. The highest BCUT2D eigenvalue weighted by atomic mass is 16.2. The summed E-state index contributed by atoms with van der Waals surface area (Å²) in [7, 11) is 0. The van der Waals surface area contributed by atoms with Gasteiger partial charge >= 0.3 is 0 Å². The van der Waals surface area contributed by atoms with Crippen LogP contribution in [0.4, 0.5) is 5.69 Å². The van der Waals surface area contributed by atoms with Gasteiger partial charge in [-0.2, -0.15) is 0 Å². The monoisotopic (exact) mass is 241 g/mol. The van der Waals surface area contributed by atoms with Gasteiger partial charge in [-0.1, -0.05) is 18.2 Å². The van der Waals surface area contributed by atoms with Crippen molar-refractivity contribution in [1.29, 1.82) is 0 Å². The number of hydrogen-bond acceptors (Lipinski definition) is 2. The summed E-state index contributed by atoms with van der Waals surface area (Å²) in [6.45, 7) is 2.31. The number of aromatic amines is 1. The predicted octanol–water partition coefficient (Wildman–Crippen LogP) is 1.76. The van der Waals surface area contributed by atoms with Crippen LogP contribution in [-0.2, 0) is 6.54 Å². The van der Waals surface area contributed by atoms with Crippen molar-refractivity contribution in [3.63, 3.8) is 0 Å². The molecule has 92 valence electrons. The van der Waals surface area contributed by atoms with E-state index in [2.05, 4.69) is 16.4 Å². The second kappa shape index (κ2) is 4.66. The lowest BCUT2D eigenvalue weighted by Crippen LogP contribution is -2.34. The van der Waals surface area contributed by atoms with E-state index < -0.39 is 0 Å². The summed E-state index contributed by atoms with van der Waals surface area (Å²) in [5.41, 5.74) is 2.80. The molecule has 4 heteroatoms. The Bertz CT molecular complexity index is 548. The van der Waals surface area contributed by atoms with Gasteiger partial charge in [0.25, 0.3) is 5.91 Å². The molecule has 2 heterocycles. The van der Waals surface area contributed by atoms with Crippen LogP contribution in [0.2, 0.25) is 0 Å². The highest BCUT2D eigenvalue weighted by Gasteiger charge is 2.22. The zero-order valence-corrected chi connectivity index (χ0v) is 10.0. The minimum atomic E-state index is 0.0242. The molecule has 0 atom stereocenters. The van der Waals surface area contributed by atoms with Gasteiger partial charge in [-0.3, -0.25) is 4.79 Å². The maximum Gasteiger partial charge on any atom is 0.274 e. The lowest BCUT2D eigenvalue weighted by molar-refractivity contribution is 0.0983. The fraction of sp³-hybridized carbons (Fsp3) is 0.214. The lowest BCUT2D eigenvalue weighted by Gasteiger charge is -2.21. The summed E-state index contributed by atoms with van der Waals surface area (Å²) in [4.78, 5) is 17.3. The van der Waals surface area contributed by atoms with E-state index in [-0.39, 0.29) is 5.91 Å². The van der Waals surface area contributed by atoms with E-state index in [1.54, 1.807) is 6.20 Å². The fourth-order valence-corrected chi connectivity index (χ4v) is 2.28. The SMILES string of the molecule is O=C(c1ccc[nH]1)N1CCNCc2ccccc21. The highest BCUT2D eigenvalue weighted by molar-refractivity contribution is 6.05. The zero-order chi connectivity index (χ0) is 12.4. The van der Waals surface area contributed by atoms with Crippen molar-refractivity contribution >= 4 is 11.6 Å². The van der Waals surface area contributed by atoms with E-state index in [1.165, 1.54) is 0 Å². The number of H-pyrrole nitrogens is 1. The summed E-state index contributed by atoms with van der Waals surface area (Å²) in [6, 6.07) is 11.7. The molecule has 18 heavy (non-hydrogen) atoms. The van der Waals surface area contributed by atoms with Gasteiger partial charge in [-0.25, -0.2) is 0 Å². The largest absolute Gasteiger partial charge is 0.357 e. The van der Waals surface area contributed by atoms with E-state index in [0.717, 1.165) is 24.3 Å². The first-order valence-corrected chi connectivity index (χ1v) is 6.10. The Labute approximate surface area is 106 Å². The average Bonchev–Trinajstić information content (AvgIpc) is 2.85. The number of benzene rings is 1. The van der Waals surface area contributed by atoms with Crippen LogP contribution < -0.4 is 10.2 Å². The summed E-state index contributed by atoms with van der Waals surface area (Å²) in [5, 5.41) is 3.33. The first-order valence-electron chi connectivity index (χ1n) is 6.10. The van der Waals surface area contributed by atoms with Crippen LogP contribution in [0.15, 0.2) is 42.6 Å². The first-order chi connectivity index (χ1) is 8.86. The van der Waals surface area contributed by atoms with Crippen molar-refractivity contribution in [3.8, 4) is 0 Å². The van der Waals surface area contributed by atoms with Gasteiger partial charge in [0, 0.05) is 31.5 Å². The number of fused-ring (bicyclic) bond motifs is 1. The van der Waals surface area contributed by atoms with Gasteiger partial charge in [-0.15, -0.1) is 0 Å². The van der Waals surface area contributed by atoms with E-state index in [1.807, 2.05) is 35.2 Å². The average molecular weight is 241 g/mol. The molecule has 1 amide bonds. The van der Waals surface area contributed by atoms with Crippen LogP contribution >= 0.6 is 0 Å². The molecule has 1 aliphatic heterocycles. The smallest absolute Gasteiger partial charge is 0.274 e. The minimum absolute atomic E-state index is 0.0242. The molecular formula is C14H15N3O. The molecule has 4 nitrogen and oxygen atoms in total. The molecular weight excluding hydrogens is 226 g/mol. The second-order valence-corrected chi connectivity index (χ2v) is 4.35. The van der Waals surface area contributed by atoms with Crippen LogP contribution in [0.1, 0.15) is 16.1 Å². The molecule has 2 N–H and O–H groups in total. The number of amides is 1. The van der Waals surface area contributed by atoms with Gasteiger partial charge in [0.05, 0.1) is 0 Å². The molecule has 3 rings (SSSR count). The van der Waals surface area contributed by atoms with Crippen LogP contribution in [0.25, 0.3) is 0 Å². The number of rotatable bonds is 1. The number of hydrogen-bond donors (Lipinski definition) is 2. The van der Waals surface area contributed by atoms with Crippen molar-refractivity contribution in [2.45, 2.75) is 6.54 Å². The van der Waals surface area contributed by atoms with Gasteiger partial charge < -0.3 is 15.2 Å². The maximum absolute atomic E-state index is 12.4. The molecule has 2 aromatic rings. The standard InChI is InChI=1S/C14H15N3O/c18-14(12-5-3-7-16-12)17-9-8-15-10-11-4-1-2-6-13(11)17/h1-7,15-16H,8-10H2. The Morgan fingerprint density at radius 3 is 2.89 bits per heavy atom. The second-order valence-electron chi connectivity index (χ2n) is 4.35. The van der Waals surface area contributed by atoms with Crippen LogP contribution in [0, 0.1) is 0 Å². The first kappa shape index (κ1) is 11.0. The number of nitrogens with one attached hydrogen (secondary N) is 2. The molecule has 0 saturated carbocycles. The third-order valence-corrected chi connectivity index (χ3v) is 3.18.